The van der Waals surface area contributed by atoms with Crippen LogP contribution in [0.15, 0.2) is 42.5 Å². The van der Waals surface area contributed by atoms with Gasteiger partial charge in [0, 0.05) is 31.3 Å². The van der Waals surface area contributed by atoms with Crippen LogP contribution in [0, 0.1) is 5.92 Å². The second-order valence-corrected chi connectivity index (χ2v) is 6.43. The third-order valence-electron chi connectivity index (χ3n) is 4.79. The summed E-state index contributed by atoms with van der Waals surface area (Å²) in [6.07, 6.45) is 0.670. The van der Waals surface area contributed by atoms with E-state index in [0.717, 1.165) is 11.1 Å². The van der Waals surface area contributed by atoms with Gasteiger partial charge in [-0.1, -0.05) is 18.2 Å². The molecule has 6 nitrogen and oxygen atoms in total. The zero-order valence-corrected chi connectivity index (χ0v) is 14.6. The van der Waals surface area contributed by atoms with E-state index in [1.54, 1.807) is 42.3 Å². The van der Waals surface area contributed by atoms with Gasteiger partial charge in [-0.05, 0) is 41.8 Å². The van der Waals surface area contributed by atoms with Gasteiger partial charge in [0.1, 0.15) is 5.75 Å². The fourth-order valence-electron chi connectivity index (χ4n) is 3.27. The van der Waals surface area contributed by atoms with Crippen molar-refractivity contribution in [2.75, 3.05) is 20.1 Å². The molecule has 136 valence electrons. The maximum Gasteiger partial charge on any atom is 0.253 e. The van der Waals surface area contributed by atoms with Crippen LogP contribution in [0.5, 0.6) is 5.75 Å². The van der Waals surface area contributed by atoms with E-state index in [1.165, 1.54) is 6.07 Å². The molecule has 0 aliphatic carbocycles. The Bertz CT molecular complexity index is 834. The Balaban J connectivity index is 1.81. The van der Waals surface area contributed by atoms with Gasteiger partial charge in [-0.15, -0.1) is 0 Å². The van der Waals surface area contributed by atoms with E-state index < -0.39 is 0 Å². The van der Waals surface area contributed by atoms with Crippen molar-refractivity contribution in [1.82, 2.24) is 10.2 Å². The molecule has 1 aliphatic rings. The summed E-state index contributed by atoms with van der Waals surface area (Å²) in [5, 5.41) is 21.7. The highest BCUT2D eigenvalue weighted by Gasteiger charge is 2.30. The average Bonchev–Trinajstić information content (AvgIpc) is 3.17. The molecule has 2 aromatic carbocycles. The SMILES string of the molecule is CNC(=O)[C@H]1CCN(C(=O)c2cccc(-c3ccc(O)c(CO)c3)c2)C1. The molecule has 1 atom stereocenters. The van der Waals surface area contributed by atoms with Gasteiger partial charge in [0.05, 0.1) is 12.5 Å². The maximum absolute atomic E-state index is 12.8. The van der Waals surface area contributed by atoms with Gasteiger partial charge in [-0.3, -0.25) is 9.59 Å². The molecule has 0 spiro atoms. The van der Waals surface area contributed by atoms with Gasteiger partial charge in [0.25, 0.3) is 5.91 Å². The second-order valence-electron chi connectivity index (χ2n) is 6.43. The van der Waals surface area contributed by atoms with Crippen molar-refractivity contribution in [2.45, 2.75) is 13.0 Å². The lowest BCUT2D eigenvalue weighted by Gasteiger charge is -2.17. The molecule has 0 aromatic heterocycles. The number of carbonyl (C=O) groups excluding carboxylic acids is 2. The summed E-state index contributed by atoms with van der Waals surface area (Å²) in [6.45, 7) is 0.735. The van der Waals surface area contributed by atoms with Crippen molar-refractivity contribution in [3.63, 3.8) is 0 Å². The summed E-state index contributed by atoms with van der Waals surface area (Å²) in [7, 11) is 1.61. The molecule has 3 N–H and O–H groups in total. The fourth-order valence-corrected chi connectivity index (χ4v) is 3.27. The minimum atomic E-state index is -0.257. The lowest BCUT2D eigenvalue weighted by molar-refractivity contribution is -0.124. The second kappa shape index (κ2) is 7.58. The Hall–Kier alpha value is -2.86. The van der Waals surface area contributed by atoms with Crippen LogP contribution in [-0.2, 0) is 11.4 Å². The molecule has 6 heteroatoms. The summed E-state index contributed by atoms with van der Waals surface area (Å²) in [4.78, 5) is 26.2. The van der Waals surface area contributed by atoms with Gasteiger partial charge in [0.15, 0.2) is 0 Å². The molecule has 2 aromatic rings. The first-order chi connectivity index (χ1) is 12.5. The molecule has 1 heterocycles. The largest absolute Gasteiger partial charge is 0.508 e. The number of aliphatic hydroxyl groups excluding tert-OH is 1. The Morgan fingerprint density at radius 1 is 1.19 bits per heavy atom. The molecular weight excluding hydrogens is 332 g/mol. The quantitative estimate of drug-likeness (QED) is 0.780. The van der Waals surface area contributed by atoms with E-state index in [9.17, 15) is 19.8 Å². The molecule has 1 saturated heterocycles. The Labute approximate surface area is 152 Å². The van der Waals surface area contributed by atoms with E-state index in [0.29, 0.717) is 30.6 Å². The molecule has 26 heavy (non-hydrogen) atoms. The van der Waals surface area contributed by atoms with Crippen molar-refractivity contribution < 1.29 is 19.8 Å². The first-order valence-electron chi connectivity index (χ1n) is 8.57. The van der Waals surface area contributed by atoms with E-state index in [1.807, 2.05) is 6.07 Å². The monoisotopic (exact) mass is 354 g/mol. The summed E-state index contributed by atoms with van der Waals surface area (Å²) in [6, 6.07) is 12.2. The molecule has 1 fully saturated rings. The number of rotatable bonds is 4. The van der Waals surface area contributed by atoms with Crippen LogP contribution in [0.2, 0.25) is 0 Å². The lowest BCUT2D eigenvalue weighted by atomic mass is 10.0. The lowest BCUT2D eigenvalue weighted by Crippen LogP contribution is -2.33. The minimum absolute atomic E-state index is 0.0327. The van der Waals surface area contributed by atoms with Crippen LogP contribution >= 0.6 is 0 Å². The number of phenols is 1. The molecular formula is C20H22N2O4. The molecule has 0 unspecified atom stereocenters. The normalized spacial score (nSPS) is 16.5. The van der Waals surface area contributed by atoms with Crippen LogP contribution in [-0.4, -0.2) is 47.1 Å². The number of amides is 2. The molecule has 1 aliphatic heterocycles. The highest BCUT2D eigenvalue weighted by molar-refractivity contribution is 5.96. The summed E-state index contributed by atoms with van der Waals surface area (Å²) >= 11 is 0. The Kier molecular flexibility index (Phi) is 5.23. The topological polar surface area (TPSA) is 89.9 Å². The highest BCUT2D eigenvalue weighted by Crippen LogP contribution is 2.27. The van der Waals surface area contributed by atoms with Crippen LogP contribution in [0.1, 0.15) is 22.3 Å². The predicted molar refractivity (Wildman–Crippen MR) is 97.5 cm³/mol. The Morgan fingerprint density at radius 3 is 2.69 bits per heavy atom. The first-order valence-corrected chi connectivity index (χ1v) is 8.57. The fraction of sp³-hybridized carbons (Fsp3) is 0.300. The number of nitrogens with zero attached hydrogens (tertiary/aromatic N) is 1. The number of hydrogen-bond acceptors (Lipinski definition) is 4. The number of nitrogens with one attached hydrogen (secondary N) is 1. The maximum atomic E-state index is 12.8. The van der Waals surface area contributed by atoms with Crippen molar-refractivity contribution in [2.24, 2.45) is 5.92 Å². The van der Waals surface area contributed by atoms with Crippen LogP contribution in [0.25, 0.3) is 11.1 Å². The van der Waals surface area contributed by atoms with Gasteiger partial charge in [-0.25, -0.2) is 0 Å². The van der Waals surface area contributed by atoms with Gasteiger partial charge >= 0.3 is 0 Å². The van der Waals surface area contributed by atoms with Gasteiger partial charge in [-0.2, -0.15) is 0 Å². The predicted octanol–water partition coefficient (Wildman–Crippen LogP) is 1.76. The molecule has 0 saturated carbocycles. The standard InChI is InChI=1S/C20H22N2O4/c1-21-19(25)16-7-8-22(11-16)20(26)15-4-2-3-13(9-15)14-5-6-18(24)17(10-14)12-23/h2-6,9-10,16,23-24H,7-8,11-12H2,1H3,(H,21,25)/t16-/m0/s1. The summed E-state index contributed by atoms with van der Waals surface area (Å²) in [5.74, 6) is -0.244. The highest BCUT2D eigenvalue weighted by atomic mass is 16.3. The van der Waals surface area contributed by atoms with Crippen molar-refractivity contribution in [1.29, 1.82) is 0 Å². The van der Waals surface area contributed by atoms with Crippen LogP contribution < -0.4 is 5.32 Å². The number of aliphatic hydroxyl groups is 1. The zero-order chi connectivity index (χ0) is 18.7. The van der Waals surface area contributed by atoms with E-state index in [-0.39, 0.29) is 30.1 Å². The summed E-state index contributed by atoms with van der Waals surface area (Å²) in [5.41, 5.74) is 2.63. The van der Waals surface area contributed by atoms with Crippen molar-refractivity contribution >= 4 is 11.8 Å². The smallest absolute Gasteiger partial charge is 0.253 e. The zero-order valence-electron chi connectivity index (χ0n) is 14.6. The van der Waals surface area contributed by atoms with Gasteiger partial charge in [0.2, 0.25) is 5.91 Å². The first kappa shape index (κ1) is 17.9. The number of hydrogen-bond donors (Lipinski definition) is 3. The van der Waals surface area contributed by atoms with Crippen molar-refractivity contribution in [3.8, 4) is 16.9 Å². The molecule has 2 amide bonds. The van der Waals surface area contributed by atoms with E-state index >= 15 is 0 Å². The third kappa shape index (κ3) is 3.55. The number of aromatic hydroxyl groups is 1. The minimum Gasteiger partial charge on any atom is -0.508 e. The third-order valence-corrected chi connectivity index (χ3v) is 4.79. The van der Waals surface area contributed by atoms with Crippen LogP contribution in [0.4, 0.5) is 0 Å². The Morgan fingerprint density at radius 2 is 1.96 bits per heavy atom. The van der Waals surface area contributed by atoms with Gasteiger partial charge < -0.3 is 20.4 Å². The van der Waals surface area contributed by atoms with E-state index in [2.05, 4.69) is 5.32 Å². The number of likely N-dealkylation sites (tertiary alicyclic amines) is 1. The number of benzene rings is 2. The molecule has 0 bridgehead atoms. The van der Waals surface area contributed by atoms with Crippen LogP contribution in [0.3, 0.4) is 0 Å². The summed E-state index contributed by atoms with van der Waals surface area (Å²) < 4.78 is 0. The average molecular weight is 354 g/mol. The number of carbonyl (C=O) groups is 2. The molecule has 3 rings (SSSR count). The van der Waals surface area contributed by atoms with E-state index in [4.69, 9.17) is 0 Å². The van der Waals surface area contributed by atoms with Crippen molar-refractivity contribution in [3.05, 3.63) is 53.6 Å². The molecule has 0 radical (unpaired) electrons.